The van der Waals surface area contributed by atoms with Gasteiger partial charge in [0.1, 0.15) is 0 Å². The number of hydrogen-bond acceptors (Lipinski definition) is 4. The molecular formula is C19H14N2OS2. The van der Waals surface area contributed by atoms with Crippen molar-refractivity contribution in [1.29, 1.82) is 0 Å². The minimum absolute atomic E-state index is 0.171. The van der Waals surface area contributed by atoms with Crippen molar-refractivity contribution in [2.24, 2.45) is 4.99 Å². The lowest BCUT2D eigenvalue weighted by atomic mass is 10.1. The maximum absolute atomic E-state index is 10.7. The first-order valence-electron chi connectivity index (χ1n) is 7.51. The molecule has 0 saturated heterocycles. The Morgan fingerprint density at radius 2 is 1.88 bits per heavy atom. The van der Waals surface area contributed by atoms with Crippen LogP contribution in [0.2, 0.25) is 0 Å². The fourth-order valence-electron chi connectivity index (χ4n) is 2.80. The van der Waals surface area contributed by atoms with Crippen LogP contribution in [0.5, 0.6) is 5.88 Å². The van der Waals surface area contributed by atoms with Crippen LogP contribution in [0, 0.1) is 10.9 Å². The molecule has 3 aromatic rings. The van der Waals surface area contributed by atoms with Crippen molar-refractivity contribution in [2.45, 2.75) is 6.92 Å². The van der Waals surface area contributed by atoms with Crippen LogP contribution >= 0.6 is 23.6 Å². The largest absolute Gasteiger partial charge is 0.493 e. The third-order valence-electron chi connectivity index (χ3n) is 4.01. The Morgan fingerprint density at radius 1 is 1.12 bits per heavy atom. The number of hydrogen-bond donors (Lipinski definition) is 1. The number of nitrogens with zero attached hydrogens (tertiary/aromatic N) is 2. The van der Waals surface area contributed by atoms with Gasteiger partial charge in [-0.3, -0.25) is 9.56 Å². The number of allylic oxidation sites excluding steroid dienone is 1. The number of thiazole rings is 1. The Kier molecular flexibility index (Phi) is 3.67. The minimum atomic E-state index is 0.171. The maximum atomic E-state index is 10.7. The van der Waals surface area contributed by atoms with E-state index in [0.717, 1.165) is 33.0 Å². The highest BCUT2D eigenvalue weighted by Crippen LogP contribution is 2.37. The van der Waals surface area contributed by atoms with Crippen molar-refractivity contribution in [2.75, 3.05) is 0 Å². The first kappa shape index (κ1) is 15.1. The van der Waals surface area contributed by atoms with Gasteiger partial charge in [-0.05, 0) is 42.9 Å². The van der Waals surface area contributed by atoms with Gasteiger partial charge >= 0.3 is 0 Å². The summed E-state index contributed by atoms with van der Waals surface area (Å²) in [6.07, 6.45) is 3.77. The zero-order chi connectivity index (χ0) is 16.7. The molecule has 2 aromatic carbocycles. The second-order valence-corrected chi connectivity index (χ2v) is 7.23. The van der Waals surface area contributed by atoms with E-state index in [1.54, 1.807) is 4.57 Å². The topological polar surface area (TPSA) is 37.5 Å². The molecule has 0 bridgehead atoms. The van der Waals surface area contributed by atoms with Gasteiger partial charge in [0.2, 0.25) is 5.88 Å². The maximum Gasteiger partial charge on any atom is 0.215 e. The molecule has 0 aliphatic carbocycles. The molecule has 118 valence electrons. The molecule has 4 rings (SSSR count). The monoisotopic (exact) mass is 350 g/mol. The molecule has 1 N–H and O–H groups in total. The summed E-state index contributed by atoms with van der Waals surface area (Å²) in [6, 6.07) is 15.8. The van der Waals surface area contributed by atoms with Crippen molar-refractivity contribution in [3.05, 3.63) is 68.5 Å². The SMILES string of the molecule is Cc1ccccc1-n1c(O)c(/C=C2/C=Nc3ccccc32)sc1=S. The molecule has 1 aromatic heterocycles. The number of benzene rings is 2. The quantitative estimate of drug-likeness (QED) is 0.616. The summed E-state index contributed by atoms with van der Waals surface area (Å²) in [5, 5.41) is 10.7. The average molecular weight is 350 g/mol. The molecule has 1 aliphatic rings. The van der Waals surface area contributed by atoms with Gasteiger partial charge in [0.05, 0.1) is 16.3 Å². The zero-order valence-corrected chi connectivity index (χ0v) is 14.6. The van der Waals surface area contributed by atoms with Crippen molar-refractivity contribution >= 4 is 47.1 Å². The molecule has 1 aliphatic heterocycles. The van der Waals surface area contributed by atoms with E-state index in [2.05, 4.69) is 4.99 Å². The van der Waals surface area contributed by atoms with E-state index < -0.39 is 0 Å². The smallest absolute Gasteiger partial charge is 0.215 e. The average Bonchev–Trinajstić information content (AvgIpc) is 3.11. The molecule has 2 heterocycles. The summed E-state index contributed by atoms with van der Waals surface area (Å²) in [4.78, 5) is 5.14. The second-order valence-electron chi connectivity index (χ2n) is 5.55. The van der Waals surface area contributed by atoms with Crippen LogP contribution in [0.15, 0.2) is 53.5 Å². The van der Waals surface area contributed by atoms with Gasteiger partial charge in [-0.1, -0.05) is 36.4 Å². The molecule has 0 radical (unpaired) electrons. The van der Waals surface area contributed by atoms with E-state index in [1.165, 1.54) is 11.3 Å². The van der Waals surface area contributed by atoms with Crippen molar-refractivity contribution in [3.8, 4) is 11.6 Å². The molecule has 3 nitrogen and oxygen atoms in total. The molecule has 24 heavy (non-hydrogen) atoms. The lowest BCUT2D eigenvalue weighted by Gasteiger charge is -2.08. The summed E-state index contributed by atoms with van der Waals surface area (Å²) in [5.74, 6) is 0.171. The molecule has 0 amide bonds. The standard InChI is InChI=1S/C19H14N2OS2/c1-12-6-2-5-9-16(12)21-18(22)17(24-19(21)23)10-13-11-20-15-8-4-3-7-14(13)15/h2-11,22H,1H3/b13-10-. The summed E-state index contributed by atoms with van der Waals surface area (Å²) < 4.78 is 2.34. The Bertz CT molecular complexity index is 1060. The Labute approximate surface area is 148 Å². The molecule has 0 saturated carbocycles. The van der Waals surface area contributed by atoms with Crippen molar-refractivity contribution in [1.82, 2.24) is 4.57 Å². The predicted molar refractivity (Wildman–Crippen MR) is 103 cm³/mol. The number of aromatic nitrogens is 1. The molecule has 0 unspecified atom stereocenters. The second kappa shape index (κ2) is 5.85. The third kappa shape index (κ3) is 2.42. The normalized spacial score (nSPS) is 14.3. The molecule has 5 heteroatoms. The van der Waals surface area contributed by atoms with Gasteiger partial charge in [0.25, 0.3) is 0 Å². The van der Waals surface area contributed by atoms with E-state index in [-0.39, 0.29) is 5.88 Å². The number of rotatable bonds is 2. The van der Waals surface area contributed by atoms with Crippen LogP contribution in [-0.4, -0.2) is 15.9 Å². The summed E-state index contributed by atoms with van der Waals surface area (Å²) in [5.41, 5.74) is 4.97. The van der Waals surface area contributed by atoms with E-state index in [0.29, 0.717) is 3.95 Å². The fourth-order valence-corrected chi connectivity index (χ4v) is 4.08. The summed E-state index contributed by atoms with van der Waals surface area (Å²) >= 11 is 6.88. The first-order valence-corrected chi connectivity index (χ1v) is 8.73. The molecule has 0 fully saturated rings. The van der Waals surface area contributed by atoms with Gasteiger partial charge in [-0.25, -0.2) is 0 Å². The number of aromatic hydroxyl groups is 1. The lowest BCUT2D eigenvalue weighted by molar-refractivity contribution is 0.441. The molecule has 0 atom stereocenters. The van der Waals surface area contributed by atoms with Crippen molar-refractivity contribution in [3.63, 3.8) is 0 Å². The van der Waals surface area contributed by atoms with Gasteiger partial charge in [0.15, 0.2) is 3.95 Å². The minimum Gasteiger partial charge on any atom is -0.493 e. The Hall–Kier alpha value is -2.50. The van der Waals surface area contributed by atoms with Crippen LogP contribution in [0.3, 0.4) is 0 Å². The van der Waals surface area contributed by atoms with Crippen molar-refractivity contribution < 1.29 is 5.11 Å². The predicted octanol–water partition coefficient (Wildman–Crippen LogP) is 5.54. The van der Waals surface area contributed by atoms with Crippen LogP contribution in [0.4, 0.5) is 5.69 Å². The first-order chi connectivity index (χ1) is 11.6. The van der Waals surface area contributed by atoms with E-state index in [9.17, 15) is 5.11 Å². The van der Waals surface area contributed by atoms with Gasteiger partial charge in [-0.2, -0.15) is 0 Å². The van der Waals surface area contributed by atoms with Crippen LogP contribution in [-0.2, 0) is 0 Å². The van der Waals surface area contributed by atoms with Crippen LogP contribution in [0.25, 0.3) is 17.3 Å². The van der Waals surface area contributed by atoms with Crippen LogP contribution < -0.4 is 0 Å². The number of aliphatic imine (C=N–C) groups is 1. The van der Waals surface area contributed by atoms with E-state index in [1.807, 2.05) is 67.7 Å². The van der Waals surface area contributed by atoms with Crippen LogP contribution in [0.1, 0.15) is 16.0 Å². The molecular weight excluding hydrogens is 336 g/mol. The highest BCUT2D eigenvalue weighted by Gasteiger charge is 2.16. The summed E-state index contributed by atoms with van der Waals surface area (Å²) in [7, 11) is 0. The number of aryl methyl sites for hydroxylation is 1. The third-order valence-corrected chi connectivity index (χ3v) is 5.32. The van der Waals surface area contributed by atoms with Gasteiger partial charge in [-0.15, -0.1) is 11.3 Å². The lowest BCUT2D eigenvalue weighted by Crippen LogP contribution is -1.95. The summed E-state index contributed by atoms with van der Waals surface area (Å²) in [6.45, 7) is 2.01. The fraction of sp³-hybridized carbons (Fsp3) is 0.0526. The highest BCUT2D eigenvalue weighted by molar-refractivity contribution is 7.73. The number of fused-ring (bicyclic) bond motifs is 1. The number of para-hydroxylation sites is 2. The molecule has 0 spiro atoms. The van der Waals surface area contributed by atoms with E-state index in [4.69, 9.17) is 12.2 Å². The van der Waals surface area contributed by atoms with Gasteiger partial charge < -0.3 is 5.11 Å². The zero-order valence-electron chi connectivity index (χ0n) is 12.9. The highest BCUT2D eigenvalue weighted by atomic mass is 32.1. The van der Waals surface area contributed by atoms with Gasteiger partial charge in [0, 0.05) is 17.4 Å². The van der Waals surface area contributed by atoms with E-state index >= 15 is 0 Å². The Morgan fingerprint density at radius 3 is 2.71 bits per heavy atom. The Balaban J connectivity index is 1.84.